The fraction of sp³-hybridized carbons (Fsp3) is 1.00. The molecule has 0 saturated heterocycles. The molecular formula is C13H27NaO2S. The topological polar surface area (TPSA) is 40.1 Å². The molecule has 17 heavy (non-hydrogen) atoms. The average Bonchev–Trinajstić information content (AvgIpc) is 2.25. The summed E-state index contributed by atoms with van der Waals surface area (Å²) in [6.45, 7) is 2.24. The van der Waals surface area contributed by atoms with Gasteiger partial charge in [0.15, 0.2) is 0 Å². The van der Waals surface area contributed by atoms with E-state index in [4.69, 9.17) is 0 Å². The minimum absolute atomic E-state index is 0. The van der Waals surface area contributed by atoms with Crippen molar-refractivity contribution in [1.29, 1.82) is 0 Å². The second-order valence-electron chi connectivity index (χ2n) is 4.54. The van der Waals surface area contributed by atoms with Crippen LogP contribution in [0.3, 0.4) is 0 Å². The molecule has 0 N–H and O–H groups in total. The van der Waals surface area contributed by atoms with Crippen molar-refractivity contribution in [2.75, 3.05) is 5.75 Å². The first-order valence-electron chi connectivity index (χ1n) is 6.83. The molecule has 0 aromatic carbocycles. The van der Waals surface area contributed by atoms with Gasteiger partial charge in [0.1, 0.15) is 0 Å². The maximum atomic E-state index is 10.3. The van der Waals surface area contributed by atoms with Crippen LogP contribution in [-0.2, 0) is 11.1 Å². The predicted molar refractivity (Wildman–Crippen MR) is 70.2 cm³/mol. The number of hydrogen-bond acceptors (Lipinski definition) is 2. The fourth-order valence-electron chi connectivity index (χ4n) is 1.88. The van der Waals surface area contributed by atoms with Crippen molar-refractivity contribution in [3.63, 3.8) is 0 Å². The molecule has 0 radical (unpaired) electrons. The van der Waals surface area contributed by atoms with Gasteiger partial charge in [-0.3, -0.25) is 4.21 Å². The van der Waals surface area contributed by atoms with E-state index in [0.29, 0.717) is 5.75 Å². The molecule has 0 aliphatic carbocycles. The molecular weight excluding hydrogens is 243 g/mol. The molecule has 0 heterocycles. The quantitative estimate of drug-likeness (QED) is 0.303. The molecule has 0 bridgehead atoms. The van der Waals surface area contributed by atoms with Crippen LogP contribution in [-0.4, -0.2) is 14.5 Å². The molecule has 0 rings (SSSR count). The summed E-state index contributed by atoms with van der Waals surface area (Å²) in [6, 6.07) is 0. The summed E-state index contributed by atoms with van der Waals surface area (Å²) < 4.78 is 20.5. The second-order valence-corrected chi connectivity index (χ2v) is 5.56. The number of hydrogen-bond donors (Lipinski definition) is 0. The van der Waals surface area contributed by atoms with Gasteiger partial charge in [0.2, 0.25) is 0 Å². The summed E-state index contributed by atoms with van der Waals surface area (Å²) >= 11 is -1.83. The molecule has 0 saturated carbocycles. The third-order valence-electron chi connectivity index (χ3n) is 2.91. The molecule has 0 aliphatic rings. The molecule has 0 fully saturated rings. The van der Waals surface area contributed by atoms with Crippen LogP contribution in [0.5, 0.6) is 0 Å². The van der Waals surface area contributed by atoms with Crippen molar-refractivity contribution in [1.82, 2.24) is 0 Å². The largest absolute Gasteiger partial charge is 1.00 e. The predicted octanol–water partition coefficient (Wildman–Crippen LogP) is 1.18. The van der Waals surface area contributed by atoms with Crippen LogP contribution in [0.25, 0.3) is 0 Å². The molecule has 1 atom stereocenters. The molecule has 0 aromatic heterocycles. The third kappa shape index (κ3) is 19.6. The minimum atomic E-state index is -1.83. The summed E-state index contributed by atoms with van der Waals surface area (Å²) in [5.74, 6) is 0.344. The second kappa shape index (κ2) is 17.1. The molecule has 0 aliphatic heterocycles. The van der Waals surface area contributed by atoms with Crippen LogP contribution in [0, 0.1) is 0 Å². The van der Waals surface area contributed by atoms with E-state index in [-0.39, 0.29) is 29.6 Å². The van der Waals surface area contributed by atoms with Gasteiger partial charge in [0.05, 0.1) is 0 Å². The van der Waals surface area contributed by atoms with E-state index in [1.54, 1.807) is 0 Å². The average molecular weight is 270 g/mol. The van der Waals surface area contributed by atoms with Gasteiger partial charge in [-0.15, -0.1) is 0 Å². The van der Waals surface area contributed by atoms with Gasteiger partial charge in [-0.2, -0.15) is 0 Å². The van der Waals surface area contributed by atoms with Crippen LogP contribution >= 0.6 is 0 Å². The normalized spacial score (nSPS) is 12.1. The Bertz CT molecular complexity index is 165. The van der Waals surface area contributed by atoms with E-state index < -0.39 is 11.1 Å². The van der Waals surface area contributed by atoms with E-state index in [1.165, 1.54) is 57.8 Å². The van der Waals surface area contributed by atoms with Crippen LogP contribution in [0.1, 0.15) is 77.6 Å². The zero-order valence-corrected chi connectivity index (χ0v) is 14.5. The van der Waals surface area contributed by atoms with Gasteiger partial charge >= 0.3 is 29.6 Å². The van der Waals surface area contributed by atoms with Gasteiger partial charge in [-0.25, -0.2) is 0 Å². The van der Waals surface area contributed by atoms with Crippen LogP contribution in [0.15, 0.2) is 0 Å². The monoisotopic (exact) mass is 270 g/mol. The summed E-state index contributed by atoms with van der Waals surface area (Å²) in [6.07, 6.45) is 13.9. The minimum Gasteiger partial charge on any atom is -0.772 e. The van der Waals surface area contributed by atoms with Gasteiger partial charge < -0.3 is 4.55 Å². The Labute approximate surface area is 132 Å². The van der Waals surface area contributed by atoms with E-state index >= 15 is 0 Å². The van der Waals surface area contributed by atoms with Crippen molar-refractivity contribution in [2.24, 2.45) is 0 Å². The van der Waals surface area contributed by atoms with Gasteiger partial charge in [0.25, 0.3) is 0 Å². The Morgan fingerprint density at radius 1 is 0.765 bits per heavy atom. The van der Waals surface area contributed by atoms with Gasteiger partial charge in [-0.1, -0.05) is 82.2 Å². The van der Waals surface area contributed by atoms with Crippen molar-refractivity contribution in [2.45, 2.75) is 77.6 Å². The number of rotatable bonds is 12. The molecule has 98 valence electrons. The van der Waals surface area contributed by atoms with E-state index in [0.717, 1.165) is 12.8 Å². The first kappa shape index (κ1) is 20.4. The van der Waals surface area contributed by atoms with Gasteiger partial charge in [0, 0.05) is 5.75 Å². The Kier molecular flexibility index (Phi) is 20.6. The first-order chi connectivity index (χ1) is 7.77. The smallest absolute Gasteiger partial charge is 0.772 e. The van der Waals surface area contributed by atoms with Crippen LogP contribution in [0.4, 0.5) is 0 Å². The number of unbranched alkanes of at least 4 members (excludes halogenated alkanes) is 10. The maximum absolute atomic E-state index is 10.3. The van der Waals surface area contributed by atoms with Gasteiger partial charge in [-0.05, 0) is 6.42 Å². The van der Waals surface area contributed by atoms with Crippen molar-refractivity contribution >= 4 is 11.1 Å². The van der Waals surface area contributed by atoms with Crippen molar-refractivity contribution in [3.05, 3.63) is 0 Å². The van der Waals surface area contributed by atoms with E-state index in [9.17, 15) is 8.76 Å². The first-order valence-corrected chi connectivity index (χ1v) is 8.07. The Hall–Kier alpha value is 1.11. The Balaban J connectivity index is 0. The van der Waals surface area contributed by atoms with Crippen LogP contribution < -0.4 is 29.6 Å². The SMILES string of the molecule is CCCCCCCCCCCCCS(=O)[O-].[Na+]. The molecule has 0 amide bonds. The van der Waals surface area contributed by atoms with E-state index in [2.05, 4.69) is 6.92 Å². The van der Waals surface area contributed by atoms with E-state index in [1.807, 2.05) is 0 Å². The Morgan fingerprint density at radius 2 is 1.12 bits per heavy atom. The summed E-state index contributed by atoms with van der Waals surface area (Å²) in [4.78, 5) is 0. The molecule has 4 heteroatoms. The standard InChI is InChI=1S/C13H28O2S.Na/c1-2-3-4-5-6-7-8-9-10-11-12-13-16(14)15;/h2-13H2,1H3,(H,14,15);/q;+1/p-1. The molecule has 2 nitrogen and oxygen atoms in total. The molecule has 0 aromatic rings. The molecule has 1 unspecified atom stereocenters. The summed E-state index contributed by atoms with van der Waals surface area (Å²) in [5.41, 5.74) is 0. The van der Waals surface area contributed by atoms with Crippen LogP contribution in [0.2, 0.25) is 0 Å². The molecule has 0 spiro atoms. The van der Waals surface area contributed by atoms with Crippen molar-refractivity contribution < 1.29 is 38.3 Å². The maximum Gasteiger partial charge on any atom is 1.00 e. The fourth-order valence-corrected chi connectivity index (χ4v) is 2.32. The zero-order valence-electron chi connectivity index (χ0n) is 11.7. The summed E-state index contributed by atoms with van der Waals surface area (Å²) in [7, 11) is 0. The summed E-state index contributed by atoms with van der Waals surface area (Å²) in [5, 5.41) is 0. The zero-order chi connectivity index (χ0) is 12.1. The third-order valence-corrected chi connectivity index (χ3v) is 3.54. The van der Waals surface area contributed by atoms with Crippen molar-refractivity contribution in [3.8, 4) is 0 Å². The Morgan fingerprint density at radius 3 is 1.47 bits per heavy atom.